The molecule has 7 heteroatoms. The van der Waals surface area contributed by atoms with Crippen LogP contribution in [0, 0.1) is 5.92 Å². The lowest BCUT2D eigenvalue weighted by Gasteiger charge is -2.21. The zero-order chi connectivity index (χ0) is 16.4. The molecule has 1 unspecified atom stereocenters. The van der Waals surface area contributed by atoms with Gasteiger partial charge in [-0.05, 0) is 43.7 Å². The fourth-order valence-electron chi connectivity index (χ4n) is 3.17. The molecule has 2 N–H and O–H groups in total. The molecular formula is C17H21N5OS. The van der Waals surface area contributed by atoms with E-state index in [4.69, 9.17) is 0 Å². The van der Waals surface area contributed by atoms with Crippen LogP contribution < -0.4 is 15.5 Å². The molecule has 6 nitrogen and oxygen atoms in total. The summed E-state index contributed by atoms with van der Waals surface area (Å²) in [5, 5.41) is 9.02. The van der Waals surface area contributed by atoms with Crippen molar-refractivity contribution >= 4 is 28.9 Å². The Morgan fingerprint density at radius 3 is 2.79 bits per heavy atom. The van der Waals surface area contributed by atoms with Crippen molar-refractivity contribution < 1.29 is 4.79 Å². The first-order chi connectivity index (χ1) is 11.8. The molecule has 0 radical (unpaired) electrons. The van der Waals surface area contributed by atoms with Gasteiger partial charge in [0.05, 0.1) is 11.7 Å². The summed E-state index contributed by atoms with van der Waals surface area (Å²) in [5.41, 5.74) is 0.769. The van der Waals surface area contributed by atoms with Crippen LogP contribution in [0.15, 0.2) is 29.9 Å². The molecule has 2 amide bonds. The van der Waals surface area contributed by atoms with Crippen molar-refractivity contribution in [1.82, 2.24) is 15.3 Å². The highest BCUT2D eigenvalue weighted by atomic mass is 32.1. The number of nitrogens with one attached hydrogen (secondary N) is 2. The number of nitrogens with zero attached hydrogens (tertiary/aromatic N) is 3. The maximum atomic E-state index is 12.5. The molecule has 1 atom stereocenters. The van der Waals surface area contributed by atoms with Gasteiger partial charge in [-0.3, -0.25) is 0 Å². The third kappa shape index (κ3) is 3.36. The fourth-order valence-corrected chi connectivity index (χ4v) is 3.95. The van der Waals surface area contributed by atoms with E-state index in [1.165, 1.54) is 12.8 Å². The Morgan fingerprint density at radius 2 is 2.08 bits per heavy atom. The molecule has 1 aliphatic heterocycles. The van der Waals surface area contributed by atoms with E-state index in [2.05, 4.69) is 25.5 Å². The summed E-state index contributed by atoms with van der Waals surface area (Å²) in [7, 11) is 0. The predicted octanol–water partition coefficient (Wildman–Crippen LogP) is 3.41. The summed E-state index contributed by atoms with van der Waals surface area (Å²) in [4.78, 5) is 23.6. The van der Waals surface area contributed by atoms with Crippen molar-refractivity contribution in [1.29, 1.82) is 0 Å². The van der Waals surface area contributed by atoms with Crippen LogP contribution in [0.2, 0.25) is 0 Å². The van der Waals surface area contributed by atoms with Crippen LogP contribution in [-0.2, 0) is 0 Å². The third-order valence-corrected chi connectivity index (χ3v) is 5.40. The second-order valence-electron chi connectivity index (χ2n) is 6.35. The van der Waals surface area contributed by atoms with Crippen molar-refractivity contribution in [2.24, 2.45) is 5.92 Å². The average molecular weight is 343 g/mol. The number of hydrogen-bond acceptors (Lipinski definition) is 5. The second-order valence-corrected chi connectivity index (χ2v) is 7.28. The van der Waals surface area contributed by atoms with Crippen molar-refractivity contribution in [2.75, 3.05) is 23.3 Å². The van der Waals surface area contributed by atoms with Crippen LogP contribution in [0.3, 0.4) is 0 Å². The van der Waals surface area contributed by atoms with Gasteiger partial charge in [0.2, 0.25) is 0 Å². The van der Waals surface area contributed by atoms with Crippen LogP contribution in [0.25, 0.3) is 0 Å². The summed E-state index contributed by atoms with van der Waals surface area (Å²) >= 11 is 1.60. The molecule has 2 aromatic heterocycles. The van der Waals surface area contributed by atoms with Gasteiger partial charge in [-0.2, -0.15) is 0 Å². The molecule has 2 aliphatic rings. The van der Waals surface area contributed by atoms with Crippen molar-refractivity contribution in [3.8, 4) is 0 Å². The molecule has 1 saturated carbocycles. The maximum Gasteiger partial charge on any atom is 0.319 e. The van der Waals surface area contributed by atoms with Gasteiger partial charge in [-0.1, -0.05) is 0 Å². The number of thiazole rings is 1. The molecule has 24 heavy (non-hydrogen) atoms. The van der Waals surface area contributed by atoms with Crippen molar-refractivity contribution in [3.63, 3.8) is 0 Å². The zero-order valence-electron chi connectivity index (χ0n) is 13.4. The number of pyridine rings is 1. The quantitative estimate of drug-likeness (QED) is 0.873. The van der Waals surface area contributed by atoms with E-state index in [9.17, 15) is 4.79 Å². The van der Waals surface area contributed by atoms with E-state index in [1.54, 1.807) is 23.7 Å². The molecular weight excluding hydrogens is 322 g/mol. The zero-order valence-corrected chi connectivity index (χ0v) is 14.3. The Hall–Kier alpha value is -2.15. The Morgan fingerprint density at radius 1 is 1.25 bits per heavy atom. The van der Waals surface area contributed by atoms with Crippen LogP contribution in [0.1, 0.15) is 36.7 Å². The third-order valence-electron chi connectivity index (χ3n) is 4.54. The second kappa shape index (κ2) is 6.76. The molecule has 0 bridgehead atoms. The number of hydrogen-bond donors (Lipinski definition) is 2. The Kier molecular flexibility index (Phi) is 4.34. The lowest BCUT2D eigenvalue weighted by atomic mass is 10.2. The number of carbonyl (C=O) groups is 1. The minimum Gasteiger partial charge on any atom is -0.355 e. The minimum atomic E-state index is -0.185. The average Bonchev–Trinajstić information content (AvgIpc) is 3.06. The van der Waals surface area contributed by atoms with Gasteiger partial charge < -0.3 is 15.5 Å². The largest absolute Gasteiger partial charge is 0.355 e. The highest BCUT2D eigenvalue weighted by Crippen LogP contribution is 2.41. The minimum absolute atomic E-state index is 0.0110. The number of anilines is 2. The normalized spacial score (nSPS) is 18.4. The molecule has 1 saturated heterocycles. The molecule has 4 rings (SSSR count). The standard InChI is InChI=1S/C17H21N5OS/c23-17(21-14(12-5-6-12)16-19-8-11-24-16)20-13-4-3-7-18-15(13)22-9-1-2-10-22/h3-4,7-8,11-12,14H,1-2,5-6,9-10H2,(H2,20,21,23). The van der Waals surface area contributed by atoms with Crippen LogP contribution >= 0.6 is 11.3 Å². The van der Waals surface area contributed by atoms with Gasteiger partial charge in [0, 0.05) is 30.9 Å². The van der Waals surface area contributed by atoms with E-state index >= 15 is 0 Å². The van der Waals surface area contributed by atoms with Gasteiger partial charge in [-0.25, -0.2) is 14.8 Å². The number of amides is 2. The van der Waals surface area contributed by atoms with E-state index in [0.29, 0.717) is 5.92 Å². The van der Waals surface area contributed by atoms with Crippen molar-refractivity contribution in [2.45, 2.75) is 31.7 Å². The van der Waals surface area contributed by atoms with Gasteiger partial charge >= 0.3 is 6.03 Å². The first-order valence-electron chi connectivity index (χ1n) is 8.48. The Labute approximate surface area is 145 Å². The number of carbonyl (C=O) groups excluding carboxylic acids is 1. The topological polar surface area (TPSA) is 70.2 Å². The first kappa shape index (κ1) is 15.4. The van der Waals surface area contributed by atoms with E-state index in [0.717, 1.165) is 42.4 Å². The first-order valence-corrected chi connectivity index (χ1v) is 9.36. The molecule has 3 heterocycles. The molecule has 0 aromatic carbocycles. The summed E-state index contributed by atoms with van der Waals surface area (Å²) in [6.07, 6.45) is 8.22. The van der Waals surface area contributed by atoms with Crippen LogP contribution in [-0.4, -0.2) is 29.1 Å². The van der Waals surface area contributed by atoms with E-state index in [-0.39, 0.29) is 12.1 Å². The SMILES string of the molecule is O=C(Nc1cccnc1N1CCCC1)NC(c1nccs1)C1CC1. The van der Waals surface area contributed by atoms with E-state index < -0.39 is 0 Å². The van der Waals surface area contributed by atoms with Crippen molar-refractivity contribution in [3.05, 3.63) is 34.9 Å². The van der Waals surface area contributed by atoms with Gasteiger partial charge in [0.25, 0.3) is 0 Å². The summed E-state index contributed by atoms with van der Waals surface area (Å²) in [6, 6.07) is 3.59. The predicted molar refractivity (Wildman–Crippen MR) is 95.4 cm³/mol. The fraction of sp³-hybridized carbons (Fsp3) is 0.471. The van der Waals surface area contributed by atoms with Crippen LogP contribution in [0.4, 0.5) is 16.3 Å². The summed E-state index contributed by atoms with van der Waals surface area (Å²) in [5.74, 6) is 1.37. The summed E-state index contributed by atoms with van der Waals surface area (Å²) in [6.45, 7) is 1.99. The van der Waals surface area contributed by atoms with E-state index in [1.807, 2.05) is 17.5 Å². The highest BCUT2D eigenvalue weighted by Gasteiger charge is 2.35. The highest BCUT2D eigenvalue weighted by molar-refractivity contribution is 7.09. The Balaban J connectivity index is 1.46. The number of rotatable bonds is 5. The van der Waals surface area contributed by atoms with Gasteiger partial charge in [0.1, 0.15) is 5.01 Å². The maximum absolute atomic E-state index is 12.5. The molecule has 2 aromatic rings. The monoisotopic (exact) mass is 343 g/mol. The lowest BCUT2D eigenvalue weighted by Crippen LogP contribution is -2.34. The van der Waals surface area contributed by atoms with Gasteiger partial charge in [-0.15, -0.1) is 11.3 Å². The Bertz CT molecular complexity index is 695. The molecule has 2 fully saturated rings. The number of aromatic nitrogens is 2. The summed E-state index contributed by atoms with van der Waals surface area (Å²) < 4.78 is 0. The smallest absolute Gasteiger partial charge is 0.319 e. The number of urea groups is 1. The lowest BCUT2D eigenvalue weighted by molar-refractivity contribution is 0.247. The molecule has 126 valence electrons. The van der Waals surface area contributed by atoms with Crippen LogP contribution in [0.5, 0.6) is 0 Å². The molecule has 1 aliphatic carbocycles. The van der Waals surface area contributed by atoms with Gasteiger partial charge in [0.15, 0.2) is 5.82 Å². The molecule has 0 spiro atoms.